The fourth-order valence-electron chi connectivity index (χ4n) is 2.14. The van der Waals surface area contributed by atoms with Gasteiger partial charge in [0.2, 0.25) is 0 Å². The summed E-state index contributed by atoms with van der Waals surface area (Å²) in [4.78, 5) is 14.5. The monoisotopic (exact) mass is 357 g/mol. The van der Waals surface area contributed by atoms with E-state index in [0.29, 0.717) is 13.1 Å². The second-order valence-electron chi connectivity index (χ2n) is 5.15. The van der Waals surface area contributed by atoms with E-state index in [1.54, 1.807) is 29.7 Å². The third kappa shape index (κ3) is 4.39. The Kier molecular flexibility index (Phi) is 5.55. The van der Waals surface area contributed by atoms with E-state index in [9.17, 15) is 0 Å². The van der Waals surface area contributed by atoms with Gasteiger partial charge in [-0.15, -0.1) is 22.7 Å². The van der Waals surface area contributed by atoms with E-state index in [0.717, 1.165) is 27.2 Å². The summed E-state index contributed by atoms with van der Waals surface area (Å²) in [6.45, 7) is 3.37. The van der Waals surface area contributed by atoms with Crippen LogP contribution in [0.25, 0.3) is 10.6 Å². The molecular formula is C17H19N5S2. The van der Waals surface area contributed by atoms with Crippen molar-refractivity contribution in [2.75, 3.05) is 7.05 Å². The molecule has 0 aliphatic carbocycles. The largest absolute Gasteiger partial charge is 0.351 e. The van der Waals surface area contributed by atoms with Crippen molar-refractivity contribution in [2.45, 2.75) is 20.0 Å². The van der Waals surface area contributed by atoms with Gasteiger partial charge in [0.15, 0.2) is 5.96 Å². The maximum absolute atomic E-state index is 4.67. The highest BCUT2D eigenvalue weighted by atomic mass is 32.1. The number of nitrogens with zero attached hydrogens (tertiary/aromatic N) is 3. The van der Waals surface area contributed by atoms with Crippen LogP contribution < -0.4 is 10.6 Å². The summed E-state index contributed by atoms with van der Waals surface area (Å²) in [5.41, 5.74) is 2.15. The van der Waals surface area contributed by atoms with Gasteiger partial charge >= 0.3 is 0 Å². The minimum Gasteiger partial charge on any atom is -0.351 e. The van der Waals surface area contributed by atoms with Crippen molar-refractivity contribution >= 4 is 28.6 Å². The molecule has 0 unspecified atom stereocenters. The lowest BCUT2D eigenvalue weighted by molar-refractivity contribution is 0.795. The van der Waals surface area contributed by atoms with Gasteiger partial charge in [-0.05, 0) is 6.92 Å². The van der Waals surface area contributed by atoms with Gasteiger partial charge in [0.25, 0.3) is 0 Å². The van der Waals surface area contributed by atoms with Crippen LogP contribution in [-0.2, 0) is 13.1 Å². The zero-order valence-corrected chi connectivity index (χ0v) is 15.2. The molecule has 0 saturated heterocycles. The molecule has 3 aromatic rings. The van der Waals surface area contributed by atoms with Crippen molar-refractivity contribution in [3.05, 3.63) is 57.5 Å². The van der Waals surface area contributed by atoms with E-state index in [1.807, 2.05) is 24.4 Å². The molecule has 1 aromatic carbocycles. The van der Waals surface area contributed by atoms with Crippen LogP contribution in [0.5, 0.6) is 0 Å². The standard InChI is InChI=1S/C17H19N5S2/c1-12-8-19-15(24-12)10-21-17(18-2)20-9-14-11-23-16(22-14)13-6-4-3-5-7-13/h3-8,11H,9-10H2,1-2H3,(H2,18,20,21). The Morgan fingerprint density at radius 2 is 1.96 bits per heavy atom. The minimum atomic E-state index is 0.639. The van der Waals surface area contributed by atoms with Crippen LogP contribution in [-0.4, -0.2) is 23.0 Å². The summed E-state index contributed by atoms with van der Waals surface area (Å²) >= 11 is 3.34. The van der Waals surface area contributed by atoms with Crippen LogP contribution in [0.4, 0.5) is 0 Å². The lowest BCUT2D eigenvalue weighted by atomic mass is 10.2. The number of thiazole rings is 2. The maximum atomic E-state index is 4.67. The Labute approximate surface area is 149 Å². The molecule has 5 nitrogen and oxygen atoms in total. The van der Waals surface area contributed by atoms with Gasteiger partial charge < -0.3 is 10.6 Å². The Bertz CT molecular complexity index is 807. The summed E-state index contributed by atoms with van der Waals surface area (Å²) in [7, 11) is 1.76. The fraction of sp³-hybridized carbons (Fsp3) is 0.235. The zero-order valence-electron chi connectivity index (χ0n) is 13.6. The number of nitrogens with one attached hydrogen (secondary N) is 2. The SMILES string of the molecule is CN=C(NCc1csc(-c2ccccc2)n1)NCc1ncc(C)s1. The van der Waals surface area contributed by atoms with E-state index >= 15 is 0 Å². The second-order valence-corrected chi connectivity index (χ2v) is 7.33. The lowest BCUT2D eigenvalue weighted by Crippen LogP contribution is -2.36. The van der Waals surface area contributed by atoms with Crippen LogP contribution in [0.3, 0.4) is 0 Å². The normalized spacial score (nSPS) is 11.5. The van der Waals surface area contributed by atoms with E-state index in [-0.39, 0.29) is 0 Å². The smallest absolute Gasteiger partial charge is 0.191 e. The molecule has 0 radical (unpaired) electrons. The summed E-state index contributed by atoms with van der Waals surface area (Å²) < 4.78 is 0. The third-order valence-electron chi connectivity index (χ3n) is 3.31. The summed E-state index contributed by atoms with van der Waals surface area (Å²) in [5, 5.41) is 10.7. The van der Waals surface area contributed by atoms with Crippen molar-refractivity contribution in [3.63, 3.8) is 0 Å². The Balaban J connectivity index is 1.53. The Hall–Kier alpha value is -2.25. The third-order valence-corrected chi connectivity index (χ3v) is 5.16. The van der Waals surface area contributed by atoms with E-state index in [1.165, 1.54) is 4.88 Å². The molecule has 7 heteroatoms. The number of aromatic nitrogens is 2. The topological polar surface area (TPSA) is 62.2 Å². The van der Waals surface area contributed by atoms with E-state index in [4.69, 9.17) is 0 Å². The van der Waals surface area contributed by atoms with E-state index in [2.05, 4.69) is 50.0 Å². The number of hydrogen-bond donors (Lipinski definition) is 2. The molecular weight excluding hydrogens is 338 g/mol. The number of guanidine groups is 1. The van der Waals surface area contributed by atoms with Crippen LogP contribution in [0, 0.1) is 6.92 Å². The number of rotatable bonds is 5. The highest BCUT2D eigenvalue weighted by Gasteiger charge is 2.06. The number of aryl methyl sites for hydroxylation is 1. The minimum absolute atomic E-state index is 0.639. The van der Waals surface area contributed by atoms with Crippen molar-refractivity contribution in [1.29, 1.82) is 0 Å². The highest BCUT2D eigenvalue weighted by molar-refractivity contribution is 7.13. The first-order valence-electron chi connectivity index (χ1n) is 7.60. The molecule has 124 valence electrons. The Morgan fingerprint density at radius 3 is 2.67 bits per heavy atom. The van der Waals surface area contributed by atoms with Crippen molar-refractivity contribution in [3.8, 4) is 10.6 Å². The van der Waals surface area contributed by atoms with Gasteiger partial charge in [0.1, 0.15) is 10.0 Å². The fourth-order valence-corrected chi connectivity index (χ4v) is 3.69. The van der Waals surface area contributed by atoms with E-state index < -0.39 is 0 Å². The highest BCUT2D eigenvalue weighted by Crippen LogP contribution is 2.23. The number of hydrogen-bond acceptors (Lipinski definition) is 5. The molecule has 3 rings (SSSR count). The molecule has 0 aliphatic rings. The first-order chi connectivity index (χ1) is 11.7. The van der Waals surface area contributed by atoms with Gasteiger partial charge in [-0.2, -0.15) is 0 Å². The van der Waals surface area contributed by atoms with Gasteiger partial charge in [-0.25, -0.2) is 9.97 Å². The van der Waals surface area contributed by atoms with Crippen molar-refractivity contribution < 1.29 is 0 Å². The van der Waals surface area contributed by atoms with Crippen LogP contribution in [0.1, 0.15) is 15.6 Å². The average Bonchev–Trinajstić information content (AvgIpc) is 3.25. The van der Waals surface area contributed by atoms with Crippen molar-refractivity contribution in [1.82, 2.24) is 20.6 Å². The molecule has 0 atom stereocenters. The molecule has 2 aromatic heterocycles. The predicted molar refractivity (Wildman–Crippen MR) is 101 cm³/mol. The molecule has 0 aliphatic heterocycles. The molecule has 0 spiro atoms. The molecule has 24 heavy (non-hydrogen) atoms. The summed E-state index contributed by atoms with van der Waals surface area (Å²) in [6, 6.07) is 10.2. The quantitative estimate of drug-likeness (QED) is 0.542. The molecule has 0 amide bonds. The average molecular weight is 358 g/mol. The first-order valence-corrected chi connectivity index (χ1v) is 9.30. The van der Waals surface area contributed by atoms with Gasteiger partial charge in [-0.3, -0.25) is 4.99 Å². The van der Waals surface area contributed by atoms with Gasteiger partial charge in [0, 0.05) is 29.1 Å². The Morgan fingerprint density at radius 1 is 1.17 bits per heavy atom. The second kappa shape index (κ2) is 8.03. The molecule has 2 heterocycles. The predicted octanol–water partition coefficient (Wildman–Crippen LogP) is 3.44. The summed E-state index contributed by atoms with van der Waals surface area (Å²) in [6.07, 6.45) is 1.89. The van der Waals surface area contributed by atoms with Crippen molar-refractivity contribution in [2.24, 2.45) is 4.99 Å². The number of benzene rings is 1. The molecule has 2 N–H and O–H groups in total. The van der Waals surface area contributed by atoms with Gasteiger partial charge in [0.05, 0.1) is 18.8 Å². The maximum Gasteiger partial charge on any atom is 0.191 e. The van der Waals surface area contributed by atoms with Crippen LogP contribution in [0.2, 0.25) is 0 Å². The molecule has 0 bridgehead atoms. The van der Waals surface area contributed by atoms with Crippen LogP contribution >= 0.6 is 22.7 Å². The lowest BCUT2D eigenvalue weighted by Gasteiger charge is -2.09. The van der Waals surface area contributed by atoms with Gasteiger partial charge in [-0.1, -0.05) is 30.3 Å². The zero-order chi connectivity index (χ0) is 16.8. The number of aliphatic imine (C=N–C) groups is 1. The summed E-state index contributed by atoms with van der Waals surface area (Å²) in [5.74, 6) is 0.747. The first kappa shape index (κ1) is 16.6. The molecule has 0 fully saturated rings. The van der Waals surface area contributed by atoms with Crippen LogP contribution in [0.15, 0.2) is 46.9 Å². The molecule has 0 saturated carbocycles.